The molecule has 0 unspecified atom stereocenters. The topological polar surface area (TPSA) is 59.7 Å². The first-order valence-corrected chi connectivity index (χ1v) is 11.1. The highest BCUT2D eigenvalue weighted by molar-refractivity contribution is 8.19. The fourth-order valence-electron chi connectivity index (χ4n) is 3.19. The number of amidine groups is 1. The number of benzene rings is 2. The molecule has 2 heterocycles. The molecule has 2 aromatic carbocycles. The fraction of sp³-hybridized carbons (Fsp3) is 0.227. The summed E-state index contributed by atoms with van der Waals surface area (Å²) in [6.07, 6.45) is 1.91. The average molecular weight is 421 g/mol. The molecule has 0 aromatic heterocycles. The van der Waals surface area contributed by atoms with E-state index in [2.05, 4.69) is 30.0 Å². The number of rotatable bonds is 4. The smallest absolute Gasteiger partial charge is 0.269 e. The third kappa shape index (κ3) is 3.78. The number of nitrogens with zero attached hydrogens (tertiary/aromatic N) is 4. The molecular weight excluding hydrogens is 400 g/mol. The van der Waals surface area contributed by atoms with Crippen molar-refractivity contribution in [2.75, 3.05) is 18.5 Å². The predicted molar refractivity (Wildman–Crippen MR) is 120 cm³/mol. The highest BCUT2D eigenvalue weighted by Gasteiger charge is 2.38. The minimum absolute atomic E-state index is 0.000735. The molecule has 1 amide bonds. The molecule has 0 atom stereocenters. The Morgan fingerprint density at radius 3 is 2.72 bits per heavy atom. The zero-order valence-corrected chi connectivity index (χ0v) is 17.9. The normalized spacial score (nSPS) is 19.8. The fourth-order valence-corrected chi connectivity index (χ4v) is 5.56. The van der Waals surface area contributed by atoms with Crippen molar-refractivity contribution < 1.29 is 4.79 Å². The Kier molecular flexibility index (Phi) is 5.65. The van der Waals surface area contributed by atoms with E-state index in [0.717, 1.165) is 28.5 Å². The quantitative estimate of drug-likeness (QED) is 0.626. The summed E-state index contributed by atoms with van der Waals surface area (Å²) in [5.41, 5.74) is 2.35. The minimum Gasteiger partial charge on any atom is -0.337 e. The monoisotopic (exact) mass is 420 g/mol. The van der Waals surface area contributed by atoms with E-state index < -0.39 is 0 Å². The van der Waals surface area contributed by atoms with Gasteiger partial charge in [-0.2, -0.15) is 5.26 Å². The Labute approximate surface area is 179 Å². The van der Waals surface area contributed by atoms with Crippen LogP contribution in [0.3, 0.4) is 0 Å². The second-order valence-electron chi connectivity index (χ2n) is 6.73. The molecule has 0 N–H and O–H groups in total. The number of para-hydroxylation sites is 1. The van der Waals surface area contributed by atoms with Gasteiger partial charge in [0.1, 0.15) is 4.91 Å². The molecule has 2 aliphatic heterocycles. The zero-order valence-electron chi connectivity index (χ0n) is 16.3. The van der Waals surface area contributed by atoms with Crippen LogP contribution in [-0.4, -0.2) is 29.6 Å². The number of carbonyl (C=O) groups is 1. The van der Waals surface area contributed by atoms with E-state index in [1.165, 1.54) is 11.8 Å². The third-order valence-corrected chi connectivity index (χ3v) is 7.16. The van der Waals surface area contributed by atoms with Gasteiger partial charge >= 0.3 is 0 Å². The summed E-state index contributed by atoms with van der Waals surface area (Å²) in [6.45, 7) is 2.74. The van der Waals surface area contributed by atoms with Crippen molar-refractivity contribution >= 4 is 46.0 Å². The SMILES string of the molecule is CCCCN1C(=O)/C(=C2/Sc3ccccc3N2C)S/C1=N/c1cccc(C#N)c1. The highest BCUT2D eigenvalue weighted by atomic mass is 32.2. The first kappa shape index (κ1) is 19.6. The Balaban J connectivity index is 1.72. The summed E-state index contributed by atoms with van der Waals surface area (Å²) in [5.74, 6) is 0.000735. The molecule has 0 bridgehead atoms. The second-order valence-corrected chi connectivity index (χ2v) is 8.74. The first-order chi connectivity index (χ1) is 14.1. The lowest BCUT2D eigenvalue weighted by Gasteiger charge is -2.16. The molecule has 2 aromatic rings. The summed E-state index contributed by atoms with van der Waals surface area (Å²) in [7, 11) is 2.00. The summed E-state index contributed by atoms with van der Waals surface area (Å²) >= 11 is 3.04. The van der Waals surface area contributed by atoms with E-state index in [4.69, 9.17) is 10.3 Å². The standard InChI is InChI=1S/C22H20N4OS2/c1-3-4-12-26-20(27)19(21-25(2)17-10-5-6-11-18(17)28-21)29-22(26)24-16-9-7-8-15(13-16)14-23/h5-11,13H,3-4,12H2,1-2H3/b21-19-,24-22+. The number of aliphatic imine (C=N–C) groups is 1. The van der Waals surface area contributed by atoms with Gasteiger partial charge in [-0.1, -0.05) is 43.3 Å². The van der Waals surface area contributed by atoms with Gasteiger partial charge in [0.15, 0.2) is 5.17 Å². The molecule has 4 rings (SSSR count). The maximum Gasteiger partial charge on any atom is 0.269 e. The summed E-state index contributed by atoms with van der Waals surface area (Å²) < 4.78 is 0. The Morgan fingerprint density at radius 1 is 1.14 bits per heavy atom. The molecule has 0 spiro atoms. The van der Waals surface area contributed by atoms with Gasteiger partial charge in [0.2, 0.25) is 0 Å². The lowest BCUT2D eigenvalue weighted by Crippen LogP contribution is -2.30. The Bertz CT molecular complexity index is 1070. The Morgan fingerprint density at radius 2 is 1.97 bits per heavy atom. The van der Waals surface area contributed by atoms with E-state index in [1.54, 1.807) is 28.8 Å². The number of unbranched alkanes of at least 4 members (excludes halogenated alkanes) is 1. The van der Waals surface area contributed by atoms with Gasteiger partial charge < -0.3 is 4.90 Å². The lowest BCUT2D eigenvalue weighted by atomic mass is 10.2. The molecule has 1 saturated heterocycles. The number of anilines is 1. The van der Waals surface area contributed by atoms with Crippen LogP contribution in [0.4, 0.5) is 11.4 Å². The van der Waals surface area contributed by atoms with Gasteiger partial charge in [-0.15, -0.1) is 0 Å². The van der Waals surface area contributed by atoms with Crippen molar-refractivity contribution in [1.82, 2.24) is 4.90 Å². The van der Waals surface area contributed by atoms with Crippen LogP contribution in [0.25, 0.3) is 0 Å². The van der Waals surface area contributed by atoms with Crippen LogP contribution in [0.1, 0.15) is 25.3 Å². The van der Waals surface area contributed by atoms with Gasteiger partial charge in [0.05, 0.1) is 28.0 Å². The maximum absolute atomic E-state index is 13.3. The van der Waals surface area contributed by atoms with Crippen molar-refractivity contribution in [2.45, 2.75) is 24.7 Å². The number of amides is 1. The molecule has 1 fully saturated rings. The molecule has 2 aliphatic rings. The molecule has 0 radical (unpaired) electrons. The van der Waals surface area contributed by atoms with Crippen molar-refractivity contribution in [1.29, 1.82) is 5.26 Å². The van der Waals surface area contributed by atoms with Crippen LogP contribution in [0.15, 0.2) is 68.4 Å². The molecule has 29 heavy (non-hydrogen) atoms. The number of fused-ring (bicyclic) bond motifs is 1. The van der Waals surface area contributed by atoms with Gasteiger partial charge in [-0.25, -0.2) is 4.99 Å². The van der Waals surface area contributed by atoms with E-state index in [1.807, 2.05) is 31.3 Å². The predicted octanol–water partition coefficient (Wildman–Crippen LogP) is 5.33. The molecule has 0 aliphatic carbocycles. The summed E-state index contributed by atoms with van der Waals surface area (Å²) in [4.78, 5) is 23.7. The van der Waals surface area contributed by atoms with Crippen LogP contribution >= 0.6 is 23.5 Å². The van der Waals surface area contributed by atoms with Crippen LogP contribution in [-0.2, 0) is 4.79 Å². The minimum atomic E-state index is 0.000735. The van der Waals surface area contributed by atoms with Gasteiger partial charge in [0, 0.05) is 18.5 Å². The molecule has 0 saturated carbocycles. The van der Waals surface area contributed by atoms with Crippen molar-refractivity contribution in [2.24, 2.45) is 4.99 Å². The van der Waals surface area contributed by atoms with Gasteiger partial charge in [-0.05, 0) is 48.5 Å². The zero-order chi connectivity index (χ0) is 20.4. The molecular formula is C22H20N4OS2. The van der Waals surface area contributed by atoms with E-state index >= 15 is 0 Å². The van der Waals surface area contributed by atoms with E-state index in [9.17, 15) is 4.79 Å². The van der Waals surface area contributed by atoms with E-state index in [0.29, 0.717) is 27.9 Å². The van der Waals surface area contributed by atoms with Crippen molar-refractivity contribution in [3.63, 3.8) is 0 Å². The van der Waals surface area contributed by atoms with Crippen molar-refractivity contribution in [3.05, 3.63) is 64.0 Å². The number of nitriles is 1. The number of carbonyl (C=O) groups excluding carboxylic acids is 1. The molecule has 146 valence electrons. The first-order valence-electron chi connectivity index (χ1n) is 9.46. The van der Waals surface area contributed by atoms with Crippen LogP contribution < -0.4 is 4.90 Å². The van der Waals surface area contributed by atoms with Crippen LogP contribution in [0.5, 0.6) is 0 Å². The molecule has 7 heteroatoms. The third-order valence-electron chi connectivity index (χ3n) is 4.73. The van der Waals surface area contributed by atoms with Crippen molar-refractivity contribution in [3.8, 4) is 6.07 Å². The van der Waals surface area contributed by atoms with Crippen LogP contribution in [0, 0.1) is 11.3 Å². The number of thioether (sulfide) groups is 2. The second kappa shape index (κ2) is 8.36. The number of hydrogen-bond acceptors (Lipinski definition) is 6. The maximum atomic E-state index is 13.3. The Hall–Kier alpha value is -2.69. The van der Waals surface area contributed by atoms with E-state index in [-0.39, 0.29) is 5.91 Å². The van der Waals surface area contributed by atoms with Crippen LogP contribution in [0.2, 0.25) is 0 Å². The summed E-state index contributed by atoms with van der Waals surface area (Å²) in [6, 6.07) is 17.5. The molecule has 5 nitrogen and oxygen atoms in total. The summed E-state index contributed by atoms with van der Waals surface area (Å²) in [5, 5.41) is 10.8. The lowest BCUT2D eigenvalue weighted by molar-refractivity contribution is -0.122. The average Bonchev–Trinajstić information content (AvgIpc) is 3.23. The highest BCUT2D eigenvalue weighted by Crippen LogP contribution is 2.50. The van der Waals surface area contributed by atoms with Gasteiger partial charge in [-0.3, -0.25) is 9.69 Å². The largest absolute Gasteiger partial charge is 0.337 e. The van der Waals surface area contributed by atoms with Gasteiger partial charge in [0.25, 0.3) is 5.91 Å². The number of hydrogen-bond donors (Lipinski definition) is 0.